The zero-order chi connectivity index (χ0) is 39.1. The number of nitrogens with zero attached hydrogens (tertiary/aromatic N) is 3. The van der Waals surface area contributed by atoms with Crippen LogP contribution >= 0.6 is 11.6 Å². The first kappa shape index (κ1) is 36.8. The number of carbonyl (C=O) groups is 7. The lowest BCUT2D eigenvalue weighted by molar-refractivity contribution is -0.136. The number of halogens is 1. The molecule has 1 aromatic heterocycles. The van der Waals surface area contributed by atoms with Crippen LogP contribution in [0.15, 0.2) is 73.1 Å². The number of amides is 8. The largest absolute Gasteiger partial charge is 0.385 e. The van der Waals surface area contributed by atoms with Gasteiger partial charge in [0.1, 0.15) is 11.6 Å². The summed E-state index contributed by atoms with van der Waals surface area (Å²) in [4.78, 5) is 96.4. The van der Waals surface area contributed by atoms with Crippen LogP contribution in [0, 0.1) is 0 Å². The lowest BCUT2D eigenvalue weighted by Crippen LogP contribution is -2.56. The fourth-order valence-corrected chi connectivity index (χ4v) is 8.40. The van der Waals surface area contributed by atoms with E-state index in [2.05, 4.69) is 26.3 Å². The number of piperidine rings is 1. The molecule has 15 heteroatoms. The number of fused-ring (bicyclic) bond motifs is 2. The molecule has 1 atom stereocenters. The van der Waals surface area contributed by atoms with Gasteiger partial charge < -0.3 is 16.0 Å². The highest BCUT2D eigenvalue weighted by Gasteiger charge is 2.59. The first-order valence-electron chi connectivity index (χ1n) is 18.7. The maximum atomic E-state index is 13.8. The molecule has 4 N–H and O–H groups in total. The molecule has 8 amide bonds. The number of pyridine rings is 1. The molecule has 1 aliphatic carbocycles. The van der Waals surface area contributed by atoms with E-state index in [0.29, 0.717) is 58.7 Å². The van der Waals surface area contributed by atoms with Crippen molar-refractivity contribution >= 4 is 75.2 Å². The number of anilines is 2. The minimum Gasteiger partial charge on any atom is -0.385 e. The van der Waals surface area contributed by atoms with Gasteiger partial charge in [0.2, 0.25) is 11.8 Å². The van der Waals surface area contributed by atoms with Crippen LogP contribution in [0.4, 0.5) is 16.2 Å². The van der Waals surface area contributed by atoms with Crippen LogP contribution in [-0.2, 0) is 14.4 Å². The topological polar surface area (TPSA) is 187 Å². The van der Waals surface area contributed by atoms with Crippen molar-refractivity contribution in [2.45, 2.75) is 68.9 Å². The third-order valence-electron chi connectivity index (χ3n) is 11.1. The van der Waals surface area contributed by atoms with E-state index in [4.69, 9.17) is 11.6 Å². The molecule has 1 spiro atoms. The Morgan fingerprint density at radius 1 is 0.875 bits per heavy atom. The number of aromatic nitrogens is 1. The molecule has 3 aliphatic heterocycles. The zero-order valence-electron chi connectivity index (χ0n) is 30.2. The smallest absolute Gasteiger partial charge is 0.329 e. The Bertz CT molecular complexity index is 2340. The molecular weight excluding hydrogens is 738 g/mol. The Balaban J connectivity index is 0.803. The highest BCUT2D eigenvalue weighted by molar-refractivity contribution is 6.31. The summed E-state index contributed by atoms with van der Waals surface area (Å²) in [6, 6.07) is 16.0. The highest BCUT2D eigenvalue weighted by atomic mass is 35.5. The number of urea groups is 1. The van der Waals surface area contributed by atoms with Gasteiger partial charge in [-0.25, -0.2) is 9.69 Å². The van der Waals surface area contributed by atoms with Crippen molar-refractivity contribution in [2.24, 2.45) is 0 Å². The van der Waals surface area contributed by atoms with Crippen molar-refractivity contribution in [1.29, 1.82) is 0 Å². The molecule has 1 unspecified atom stereocenters. The van der Waals surface area contributed by atoms with Crippen LogP contribution in [-0.4, -0.2) is 76.0 Å². The number of hydrogen-bond acceptors (Lipinski definition) is 9. The molecule has 56 heavy (non-hydrogen) atoms. The van der Waals surface area contributed by atoms with Crippen LogP contribution in [0.25, 0.3) is 10.8 Å². The average Bonchev–Trinajstić information content (AvgIpc) is 3.58. The predicted molar refractivity (Wildman–Crippen MR) is 206 cm³/mol. The van der Waals surface area contributed by atoms with E-state index in [1.807, 2.05) is 24.3 Å². The predicted octanol–water partition coefficient (Wildman–Crippen LogP) is 5.06. The summed E-state index contributed by atoms with van der Waals surface area (Å²) in [6.07, 6.45) is 7.46. The van der Waals surface area contributed by atoms with Crippen LogP contribution < -0.4 is 26.2 Å². The van der Waals surface area contributed by atoms with Crippen molar-refractivity contribution in [1.82, 2.24) is 25.8 Å². The molecule has 4 heterocycles. The van der Waals surface area contributed by atoms with Gasteiger partial charge in [0.15, 0.2) is 0 Å². The molecule has 14 nitrogen and oxygen atoms in total. The van der Waals surface area contributed by atoms with Crippen LogP contribution in [0.5, 0.6) is 0 Å². The summed E-state index contributed by atoms with van der Waals surface area (Å²) in [5.41, 5.74) is 1.79. The maximum Gasteiger partial charge on any atom is 0.329 e. The molecule has 2 saturated heterocycles. The van der Waals surface area contributed by atoms with Crippen LogP contribution in [0.3, 0.4) is 0 Å². The molecule has 4 aliphatic rings. The molecule has 3 fully saturated rings. The lowest BCUT2D eigenvalue weighted by atomic mass is 9.65. The van der Waals surface area contributed by atoms with Gasteiger partial charge in [0.05, 0.1) is 23.0 Å². The summed E-state index contributed by atoms with van der Waals surface area (Å²) in [5.74, 6) is -2.73. The maximum absolute atomic E-state index is 13.8. The number of unbranched alkanes of at least 4 members (excludes halogenated alkanes) is 3. The van der Waals surface area contributed by atoms with Gasteiger partial charge in [-0.1, -0.05) is 48.7 Å². The standard InChI is InChI=1S/C41H38ClN7O7/c42-31-8-4-3-7-27(31)25-19-41(20-25)39(55)49(40(56)47-41)33-22-43-21-24-10-9-23(17-29(24)33)35(51)45-16-6-2-1-5-15-44-26-11-12-28-30(18-26)38(54)48(37(28)53)32-13-14-34(50)46-36(32)52/h3-4,7-12,17-18,21-22,25,32,44H,1-2,5-6,13-16,19-20H2,(H,45,51)(H,47,56)(H,46,50,52). The van der Waals surface area contributed by atoms with E-state index < -0.39 is 41.2 Å². The number of nitrogens with one attached hydrogen (secondary N) is 4. The Labute approximate surface area is 326 Å². The van der Waals surface area contributed by atoms with E-state index in [0.717, 1.165) is 41.0 Å². The summed E-state index contributed by atoms with van der Waals surface area (Å²) in [5, 5.41) is 13.2. The number of hydrogen-bond donors (Lipinski definition) is 4. The van der Waals surface area contributed by atoms with Crippen molar-refractivity contribution in [3.63, 3.8) is 0 Å². The molecule has 0 radical (unpaired) electrons. The van der Waals surface area contributed by atoms with Gasteiger partial charge >= 0.3 is 6.03 Å². The highest BCUT2D eigenvalue weighted by Crippen LogP contribution is 2.50. The van der Waals surface area contributed by atoms with Gasteiger partial charge in [-0.2, -0.15) is 0 Å². The second kappa shape index (κ2) is 14.8. The molecular formula is C41H38ClN7O7. The number of carbonyl (C=O) groups excluding carboxylic acids is 7. The van der Waals surface area contributed by atoms with Gasteiger partial charge in [-0.05, 0) is 80.0 Å². The van der Waals surface area contributed by atoms with Crippen molar-refractivity contribution < 1.29 is 33.6 Å². The van der Waals surface area contributed by atoms with E-state index in [9.17, 15) is 33.6 Å². The molecule has 8 rings (SSSR count). The molecule has 1 saturated carbocycles. The summed E-state index contributed by atoms with van der Waals surface area (Å²) in [7, 11) is 0. The van der Waals surface area contributed by atoms with Crippen molar-refractivity contribution in [2.75, 3.05) is 23.3 Å². The minimum absolute atomic E-state index is 0.0473. The minimum atomic E-state index is -1.01. The normalized spacial score (nSPS) is 21.7. The third-order valence-corrected chi connectivity index (χ3v) is 11.4. The summed E-state index contributed by atoms with van der Waals surface area (Å²) < 4.78 is 0. The number of imide groups is 3. The zero-order valence-corrected chi connectivity index (χ0v) is 31.0. The van der Waals surface area contributed by atoms with E-state index in [-0.39, 0.29) is 41.7 Å². The van der Waals surface area contributed by atoms with E-state index in [1.165, 1.54) is 6.20 Å². The van der Waals surface area contributed by atoms with Crippen molar-refractivity contribution in [3.05, 3.63) is 100 Å². The fraction of sp³-hybridized carbons (Fsp3) is 0.317. The van der Waals surface area contributed by atoms with E-state index in [1.54, 1.807) is 42.6 Å². The fourth-order valence-electron chi connectivity index (χ4n) is 8.11. The van der Waals surface area contributed by atoms with Gasteiger partial charge in [-0.3, -0.25) is 44.0 Å². The summed E-state index contributed by atoms with van der Waals surface area (Å²) in [6.45, 7) is 1.08. The molecule has 4 aromatic rings. The second-order valence-electron chi connectivity index (χ2n) is 14.7. The quantitative estimate of drug-likeness (QED) is 0.0867. The Hall–Kier alpha value is -6.15. The SMILES string of the molecule is O=C1CCC(N2C(=O)c3ccc(NCCCCCCNC(=O)c4ccc5cncc(N6C(=O)NC7(CC(c8ccccc8Cl)C7)C6=O)c5c4)cc3C2=O)C(=O)N1. The van der Waals surface area contributed by atoms with Crippen LogP contribution in [0.2, 0.25) is 5.02 Å². The van der Waals surface area contributed by atoms with E-state index >= 15 is 0 Å². The number of rotatable bonds is 12. The monoisotopic (exact) mass is 775 g/mol. The summed E-state index contributed by atoms with van der Waals surface area (Å²) >= 11 is 6.40. The second-order valence-corrected chi connectivity index (χ2v) is 15.1. The molecule has 3 aromatic carbocycles. The van der Waals surface area contributed by atoms with Crippen LogP contribution in [0.1, 0.15) is 93.9 Å². The van der Waals surface area contributed by atoms with Gasteiger partial charge in [-0.15, -0.1) is 0 Å². The van der Waals surface area contributed by atoms with Crippen molar-refractivity contribution in [3.8, 4) is 0 Å². The number of benzene rings is 3. The lowest BCUT2D eigenvalue weighted by Gasteiger charge is -2.43. The molecule has 286 valence electrons. The third kappa shape index (κ3) is 6.63. The Kier molecular flexibility index (Phi) is 9.75. The first-order valence-corrected chi connectivity index (χ1v) is 19.1. The Morgan fingerprint density at radius 2 is 1.64 bits per heavy atom. The van der Waals surface area contributed by atoms with Gasteiger partial charge in [0.25, 0.3) is 23.6 Å². The first-order chi connectivity index (χ1) is 27.0. The average molecular weight is 776 g/mol. The van der Waals surface area contributed by atoms with Gasteiger partial charge in [0, 0.05) is 52.8 Å². The Morgan fingerprint density at radius 3 is 2.43 bits per heavy atom. The molecule has 0 bridgehead atoms.